The van der Waals surface area contributed by atoms with E-state index in [9.17, 15) is 62.1 Å². The molecule has 0 radical (unpaired) electrons. The number of ether oxygens (including phenoxy) is 8. The second kappa shape index (κ2) is 53.8. The van der Waals surface area contributed by atoms with Gasteiger partial charge in [-0.05, 0) is 74.5 Å². The number of aliphatic carboxylic acids is 1. The van der Waals surface area contributed by atoms with Crippen molar-refractivity contribution in [1.82, 2.24) is 47.9 Å². The Labute approximate surface area is 614 Å². The number of furan rings is 1. The minimum atomic E-state index is -1.51. The maximum Gasteiger partial charge on any atom is 0.305 e. The maximum atomic E-state index is 14.0. The lowest BCUT2D eigenvalue weighted by atomic mass is 10.0. The number of amides is 10. The van der Waals surface area contributed by atoms with Crippen LogP contribution in [0, 0.1) is 11.8 Å². The van der Waals surface area contributed by atoms with Crippen molar-refractivity contribution in [2.45, 2.75) is 128 Å². The number of hydrogen-bond acceptors (Lipinski definition) is 24. The average Bonchev–Trinajstić information content (AvgIpc) is 1.62. The first-order valence-electron chi connectivity index (χ1n) is 35.4. The number of aliphatic hydroxyl groups excluding tert-OH is 1. The number of benzene rings is 2. The molecule has 0 aliphatic rings. The summed E-state index contributed by atoms with van der Waals surface area (Å²) in [7, 11) is -1.36. The first-order valence-corrected chi connectivity index (χ1v) is 37.1. The van der Waals surface area contributed by atoms with Crippen molar-refractivity contribution < 1.29 is 109 Å². The minimum absolute atomic E-state index is 0.0372. The van der Waals surface area contributed by atoms with Crippen molar-refractivity contribution >= 4 is 97.8 Å². The summed E-state index contributed by atoms with van der Waals surface area (Å²) in [6.45, 7) is 11.4. The Bertz CT molecular complexity index is 3180. The quantitative estimate of drug-likeness (QED) is 0.0257. The van der Waals surface area contributed by atoms with Gasteiger partial charge in [-0.15, -0.1) is 0 Å². The van der Waals surface area contributed by atoms with Gasteiger partial charge < -0.3 is 118 Å². The molecule has 35 nitrogen and oxygen atoms in total. The number of aryl methyl sites for hydroxylation is 1. The average molecular weight is 1510 g/mol. The fourth-order valence-electron chi connectivity index (χ4n) is 10.1. The van der Waals surface area contributed by atoms with Crippen LogP contribution in [0.15, 0.2) is 40.8 Å². The second-order valence-corrected chi connectivity index (χ2v) is 26.6. The van der Waals surface area contributed by atoms with E-state index in [2.05, 4.69) is 47.9 Å². The number of nitrogens with two attached hydrogens (primary N) is 3. The molecule has 0 saturated heterocycles. The third kappa shape index (κ3) is 39.3. The zero-order valence-corrected chi connectivity index (χ0v) is 61.8. The Hall–Kier alpha value is -7.88. The van der Waals surface area contributed by atoms with E-state index in [0.717, 1.165) is 16.3 Å². The summed E-state index contributed by atoms with van der Waals surface area (Å²) >= 11 is 0. The summed E-state index contributed by atoms with van der Waals surface area (Å²) < 4.78 is 62.2. The van der Waals surface area contributed by atoms with E-state index >= 15 is 0 Å². The maximum absolute atomic E-state index is 14.0. The predicted molar refractivity (Wildman–Crippen MR) is 386 cm³/mol. The molecular formula is C69H112N12O23S. The monoisotopic (exact) mass is 1510 g/mol. The van der Waals surface area contributed by atoms with Crippen LogP contribution >= 0.6 is 0 Å². The SMILES string of the molecule is CC(C)C[C@H](NC(=O)CNC(=O)CCc1cccc2c1oc1c(CCNC(=O)CNC(=O)[C@H](CCCCN)NC(=O)[C@H](CC(N)=O)NC(=O)[C@@H](N)CO)cccc12)C(=O)N[C@@H](CCS(C)=O)C(=O)N[C@H](C(=O)NCCOCCOCCOCCOCCOCCOCCOCCOCCC(=O)O)C(C)C. The summed E-state index contributed by atoms with van der Waals surface area (Å²) in [6.07, 6.45) is 2.39. The topological polar surface area (TPSA) is 519 Å². The van der Waals surface area contributed by atoms with E-state index in [1.54, 1.807) is 13.8 Å². The molecule has 10 amide bonds. The standard InChI is InChI=1S/C69H112N12O23S/c1-45(2)40-54(67(92)79-53(19-39-105(5)95)66(91)81-61(46(3)4)69(94)74-22-24-97-26-28-99-30-32-101-34-36-103-38-37-102-35-33-100-31-29-98-27-25-96-23-18-60(87)88)77-59(86)43-75-57(84)16-15-47-10-8-12-49-50-13-9-11-48(63(50)104-62(47)49)17-21-73-58(85)42-76-65(90)52(14-6-7-20-70)78-68(93)55(41-56(72)83)80-64(89)51(71)44-82/h8-13,45-46,51-55,61,82H,6-7,14-44,70-71H2,1-5H3,(H2,72,83)(H,73,85)(H,74,94)(H,75,84)(H,76,90)(H,77,86)(H,78,93)(H,79,92)(H,80,89)(H,81,91)(H,87,88)/t51-,52-,53-,54-,55-,61-,105?/m0/s1. The lowest BCUT2D eigenvalue weighted by Gasteiger charge is -2.27. The van der Waals surface area contributed by atoms with Gasteiger partial charge in [0.1, 0.15) is 47.4 Å². The molecular weight excluding hydrogens is 1400 g/mol. The number of hydrogen-bond donors (Lipinski definition) is 14. The number of unbranched alkanes of at least 4 members (excludes halogenated alkanes) is 1. The van der Waals surface area contributed by atoms with Crippen LogP contribution < -0.4 is 65.1 Å². The normalized spacial score (nSPS) is 13.4. The van der Waals surface area contributed by atoms with Crippen molar-refractivity contribution in [2.24, 2.45) is 29.0 Å². The number of aliphatic hydroxyl groups is 1. The zero-order chi connectivity index (χ0) is 77.3. The summed E-state index contributed by atoms with van der Waals surface area (Å²) in [5.41, 5.74) is 19.0. The fourth-order valence-corrected chi connectivity index (χ4v) is 10.6. The van der Waals surface area contributed by atoms with Crippen LogP contribution in [0.5, 0.6) is 0 Å². The molecule has 1 unspecified atom stereocenters. The Morgan fingerprint density at radius 2 is 0.990 bits per heavy atom. The third-order valence-corrected chi connectivity index (χ3v) is 16.4. The highest BCUT2D eigenvalue weighted by Gasteiger charge is 2.33. The zero-order valence-electron chi connectivity index (χ0n) is 61.0. The first-order chi connectivity index (χ1) is 50.3. The van der Waals surface area contributed by atoms with E-state index < -0.39 is 138 Å². The Morgan fingerprint density at radius 1 is 0.505 bits per heavy atom. The molecule has 592 valence electrons. The van der Waals surface area contributed by atoms with Gasteiger partial charge in [0.05, 0.1) is 138 Å². The molecule has 36 heteroatoms. The van der Waals surface area contributed by atoms with Crippen LogP contribution in [0.4, 0.5) is 0 Å². The van der Waals surface area contributed by atoms with Crippen molar-refractivity contribution in [1.29, 1.82) is 0 Å². The number of carboxylic acid groups (broad SMARTS) is 1. The molecule has 7 atom stereocenters. The minimum Gasteiger partial charge on any atom is -0.481 e. The van der Waals surface area contributed by atoms with Crippen molar-refractivity contribution in [3.8, 4) is 0 Å². The molecule has 0 aliphatic heterocycles. The Morgan fingerprint density at radius 3 is 1.49 bits per heavy atom. The van der Waals surface area contributed by atoms with Crippen molar-refractivity contribution in [3.63, 3.8) is 0 Å². The first kappa shape index (κ1) is 91.3. The number of carbonyl (C=O) groups is 11. The number of nitrogens with one attached hydrogen (secondary N) is 9. The van der Waals surface area contributed by atoms with Crippen LogP contribution in [0.2, 0.25) is 0 Å². The van der Waals surface area contributed by atoms with Gasteiger partial charge >= 0.3 is 5.97 Å². The second-order valence-electron chi connectivity index (χ2n) is 25.1. The van der Waals surface area contributed by atoms with Crippen LogP contribution in [0.25, 0.3) is 21.9 Å². The highest BCUT2D eigenvalue weighted by molar-refractivity contribution is 7.84. The largest absolute Gasteiger partial charge is 0.481 e. The van der Waals surface area contributed by atoms with Gasteiger partial charge in [0.2, 0.25) is 59.1 Å². The molecule has 1 heterocycles. The summed E-state index contributed by atoms with van der Waals surface area (Å²) in [6, 6.07) is 3.59. The van der Waals surface area contributed by atoms with E-state index in [0.29, 0.717) is 122 Å². The molecule has 2 aromatic carbocycles. The van der Waals surface area contributed by atoms with Gasteiger partial charge in [0, 0.05) is 53.1 Å². The van der Waals surface area contributed by atoms with Gasteiger partial charge in [-0.3, -0.25) is 56.9 Å². The van der Waals surface area contributed by atoms with E-state index in [1.807, 2.05) is 50.2 Å². The van der Waals surface area contributed by atoms with Gasteiger partial charge in [0.25, 0.3) is 0 Å². The Balaban J connectivity index is 1.42. The van der Waals surface area contributed by atoms with E-state index in [4.69, 9.17) is 64.6 Å². The van der Waals surface area contributed by atoms with Crippen LogP contribution in [-0.2, 0) is 114 Å². The van der Waals surface area contributed by atoms with Crippen LogP contribution in [-0.4, -0.2) is 273 Å². The summed E-state index contributed by atoms with van der Waals surface area (Å²) in [5.74, 6) is -8.43. The lowest BCUT2D eigenvalue weighted by Crippen LogP contribution is -2.58. The molecule has 105 heavy (non-hydrogen) atoms. The molecule has 0 saturated carbocycles. The number of carboxylic acids is 1. The predicted octanol–water partition coefficient (Wildman–Crippen LogP) is -2.65. The molecule has 0 spiro atoms. The van der Waals surface area contributed by atoms with E-state index in [1.165, 1.54) is 6.26 Å². The van der Waals surface area contributed by atoms with Crippen LogP contribution in [0.1, 0.15) is 90.2 Å². The lowest BCUT2D eigenvalue weighted by molar-refractivity contribution is -0.138. The summed E-state index contributed by atoms with van der Waals surface area (Å²) in [4.78, 5) is 142. The molecule has 0 bridgehead atoms. The van der Waals surface area contributed by atoms with Gasteiger partial charge in [-0.1, -0.05) is 64.1 Å². The molecule has 3 rings (SSSR count). The smallest absolute Gasteiger partial charge is 0.305 e. The molecule has 0 aliphatic carbocycles. The van der Waals surface area contributed by atoms with Crippen LogP contribution in [0.3, 0.4) is 0 Å². The Kier molecular flexibility index (Phi) is 46.8. The van der Waals surface area contributed by atoms with Crippen molar-refractivity contribution in [3.05, 3.63) is 47.5 Å². The van der Waals surface area contributed by atoms with E-state index in [-0.39, 0.29) is 95.6 Å². The van der Waals surface area contributed by atoms with Gasteiger partial charge in [-0.25, -0.2) is 0 Å². The fraction of sp³-hybridized carbons (Fsp3) is 0.667. The molecule has 17 N–H and O–H groups in total. The molecule has 1 aromatic heterocycles. The van der Waals surface area contributed by atoms with Gasteiger partial charge in [-0.2, -0.15) is 0 Å². The third-order valence-electron chi connectivity index (χ3n) is 15.6. The highest BCUT2D eigenvalue weighted by Crippen LogP contribution is 2.33. The molecule has 0 fully saturated rings. The molecule has 3 aromatic rings. The number of para-hydroxylation sites is 2. The number of fused-ring (bicyclic) bond motifs is 3. The number of primary amides is 1. The highest BCUT2D eigenvalue weighted by atomic mass is 32.2. The van der Waals surface area contributed by atoms with Gasteiger partial charge in [0.15, 0.2) is 0 Å². The van der Waals surface area contributed by atoms with Crippen molar-refractivity contribution in [2.75, 3.05) is 157 Å². The summed E-state index contributed by atoms with van der Waals surface area (Å²) in [5, 5.41) is 42.9. The number of rotatable bonds is 61. The number of carbonyl (C=O) groups excluding carboxylic acids is 10.